The summed E-state index contributed by atoms with van der Waals surface area (Å²) in [6.07, 6.45) is 5.49. The van der Waals surface area contributed by atoms with Crippen LogP contribution in [0.3, 0.4) is 0 Å². The van der Waals surface area contributed by atoms with E-state index in [4.69, 9.17) is 9.72 Å². The summed E-state index contributed by atoms with van der Waals surface area (Å²) < 4.78 is 5.30. The Hall–Kier alpha value is -2.53. The molecule has 0 spiro atoms. The van der Waals surface area contributed by atoms with E-state index in [1.165, 1.54) is 30.4 Å². The zero-order valence-corrected chi connectivity index (χ0v) is 17.6. The minimum atomic E-state index is 0.761. The fourth-order valence-electron chi connectivity index (χ4n) is 3.80. The first-order valence-corrected chi connectivity index (χ1v) is 11.2. The normalized spacial score (nSPS) is 14.7. The molecule has 0 bridgehead atoms. The lowest BCUT2D eigenvalue weighted by Gasteiger charge is -2.33. The molecule has 0 N–H and O–H groups in total. The lowest BCUT2D eigenvalue weighted by Crippen LogP contribution is -2.34. The van der Waals surface area contributed by atoms with Crippen molar-refractivity contribution < 1.29 is 4.74 Å². The Morgan fingerprint density at radius 1 is 1.00 bits per heavy atom. The topological polar surface area (TPSA) is 38.2 Å². The smallest absolute Gasteiger partial charge is 0.189 e. The molecule has 2 aromatic carbocycles. The highest BCUT2D eigenvalue weighted by Crippen LogP contribution is 2.27. The summed E-state index contributed by atoms with van der Waals surface area (Å²) in [7, 11) is 1.70. The van der Waals surface area contributed by atoms with Crippen molar-refractivity contribution in [3.8, 4) is 5.75 Å². The molecule has 0 atom stereocenters. The number of anilines is 1. The zero-order valence-electron chi connectivity index (χ0n) is 16.8. The van der Waals surface area contributed by atoms with Gasteiger partial charge in [-0.1, -0.05) is 54.2 Å². The molecule has 2 heterocycles. The molecule has 4 nitrogen and oxygen atoms in total. The summed E-state index contributed by atoms with van der Waals surface area (Å²) in [6.45, 7) is 2.13. The average Bonchev–Trinajstić information content (AvgIpc) is 2.79. The van der Waals surface area contributed by atoms with Gasteiger partial charge in [0.2, 0.25) is 0 Å². The third-order valence-corrected chi connectivity index (χ3v) is 6.36. The average molecular weight is 406 g/mol. The van der Waals surface area contributed by atoms with Gasteiger partial charge in [-0.05, 0) is 54.5 Å². The van der Waals surface area contributed by atoms with Crippen LogP contribution in [0.4, 0.5) is 5.82 Å². The van der Waals surface area contributed by atoms with Crippen LogP contribution in [0.25, 0.3) is 0 Å². The molecule has 0 unspecified atom stereocenters. The molecule has 1 fully saturated rings. The van der Waals surface area contributed by atoms with E-state index < -0.39 is 0 Å². The van der Waals surface area contributed by atoms with Gasteiger partial charge in [-0.2, -0.15) is 0 Å². The van der Waals surface area contributed by atoms with Crippen LogP contribution in [0.1, 0.15) is 24.0 Å². The van der Waals surface area contributed by atoms with E-state index in [0.717, 1.165) is 41.5 Å². The lowest BCUT2D eigenvalue weighted by atomic mass is 9.90. The van der Waals surface area contributed by atoms with Gasteiger partial charge in [0, 0.05) is 25.0 Å². The highest BCUT2D eigenvalue weighted by Gasteiger charge is 2.20. The van der Waals surface area contributed by atoms with Crippen molar-refractivity contribution in [2.24, 2.45) is 5.92 Å². The largest absolute Gasteiger partial charge is 0.497 e. The van der Waals surface area contributed by atoms with Crippen LogP contribution in [0.2, 0.25) is 0 Å². The van der Waals surface area contributed by atoms with Crippen molar-refractivity contribution in [3.63, 3.8) is 0 Å². The maximum atomic E-state index is 5.30. The van der Waals surface area contributed by atoms with Crippen molar-refractivity contribution in [2.45, 2.75) is 30.2 Å². The fourth-order valence-corrected chi connectivity index (χ4v) is 4.57. The summed E-state index contributed by atoms with van der Waals surface area (Å²) >= 11 is 1.67. The number of rotatable bonds is 7. The second-order valence-corrected chi connectivity index (χ2v) is 8.40. The fraction of sp³-hybridized carbons (Fsp3) is 0.333. The Bertz CT molecular complexity index is 911. The first-order valence-electron chi connectivity index (χ1n) is 10.2. The molecule has 0 amide bonds. The monoisotopic (exact) mass is 405 g/mol. The van der Waals surface area contributed by atoms with Crippen molar-refractivity contribution >= 4 is 17.6 Å². The van der Waals surface area contributed by atoms with Crippen LogP contribution >= 0.6 is 11.8 Å². The number of nitrogens with zero attached hydrogens (tertiary/aromatic N) is 3. The van der Waals surface area contributed by atoms with Crippen molar-refractivity contribution in [1.82, 2.24) is 9.97 Å². The quantitative estimate of drug-likeness (QED) is 0.397. The van der Waals surface area contributed by atoms with Gasteiger partial charge in [0.15, 0.2) is 5.16 Å². The number of thioether (sulfide) groups is 1. The number of benzene rings is 2. The van der Waals surface area contributed by atoms with E-state index >= 15 is 0 Å². The Kier molecular flexibility index (Phi) is 6.67. The molecule has 0 radical (unpaired) electrons. The molecular weight excluding hydrogens is 378 g/mol. The summed E-state index contributed by atoms with van der Waals surface area (Å²) in [5.74, 6) is 3.53. The molecule has 0 aliphatic carbocycles. The van der Waals surface area contributed by atoms with E-state index in [1.54, 1.807) is 18.9 Å². The number of piperidine rings is 1. The van der Waals surface area contributed by atoms with E-state index in [-0.39, 0.29) is 0 Å². The van der Waals surface area contributed by atoms with Gasteiger partial charge in [-0.3, -0.25) is 0 Å². The minimum absolute atomic E-state index is 0.761. The number of hydrogen-bond donors (Lipinski definition) is 0. The van der Waals surface area contributed by atoms with Crippen LogP contribution in [-0.2, 0) is 12.2 Å². The van der Waals surface area contributed by atoms with Crippen LogP contribution in [0.15, 0.2) is 72.0 Å². The van der Waals surface area contributed by atoms with Crippen molar-refractivity contribution in [3.05, 3.63) is 78.0 Å². The number of methoxy groups -OCH3 is 1. The van der Waals surface area contributed by atoms with Gasteiger partial charge in [-0.15, -0.1) is 0 Å². The summed E-state index contributed by atoms with van der Waals surface area (Å²) in [5, 5.41) is 0.830. The Balaban J connectivity index is 1.32. The predicted octanol–water partition coefficient (Wildman–Crippen LogP) is 5.24. The van der Waals surface area contributed by atoms with E-state index in [2.05, 4.69) is 52.3 Å². The SMILES string of the molecule is COc1cccc(CSc2nccc(N3CCC(Cc4ccccc4)CC3)n2)c1. The number of aromatic nitrogens is 2. The Morgan fingerprint density at radius 3 is 2.59 bits per heavy atom. The highest BCUT2D eigenvalue weighted by molar-refractivity contribution is 7.98. The Morgan fingerprint density at radius 2 is 1.79 bits per heavy atom. The maximum absolute atomic E-state index is 5.30. The molecule has 1 saturated heterocycles. The second kappa shape index (κ2) is 9.79. The lowest BCUT2D eigenvalue weighted by molar-refractivity contribution is 0.402. The summed E-state index contributed by atoms with van der Waals surface area (Å²) in [4.78, 5) is 11.7. The van der Waals surface area contributed by atoms with Crippen LogP contribution < -0.4 is 9.64 Å². The van der Waals surface area contributed by atoms with Gasteiger partial charge < -0.3 is 9.64 Å². The standard InChI is InChI=1S/C24H27N3OS/c1-28-22-9-5-8-21(17-22)18-29-24-25-13-10-23(26-24)27-14-11-20(12-15-27)16-19-6-3-2-4-7-19/h2-10,13,17,20H,11-12,14-16,18H2,1H3. The second-order valence-electron chi connectivity index (χ2n) is 7.46. The molecule has 150 valence electrons. The molecule has 1 aliphatic rings. The first kappa shape index (κ1) is 19.8. The number of ether oxygens (including phenoxy) is 1. The third kappa shape index (κ3) is 5.51. The number of hydrogen-bond acceptors (Lipinski definition) is 5. The molecule has 29 heavy (non-hydrogen) atoms. The van der Waals surface area contributed by atoms with Crippen molar-refractivity contribution in [2.75, 3.05) is 25.1 Å². The van der Waals surface area contributed by atoms with Crippen LogP contribution in [0, 0.1) is 5.92 Å². The van der Waals surface area contributed by atoms with Crippen molar-refractivity contribution in [1.29, 1.82) is 0 Å². The Labute approximate surface area is 177 Å². The molecular formula is C24H27N3OS. The third-order valence-electron chi connectivity index (χ3n) is 5.43. The molecule has 1 aromatic heterocycles. The van der Waals surface area contributed by atoms with Gasteiger partial charge in [-0.25, -0.2) is 9.97 Å². The summed E-state index contributed by atoms with van der Waals surface area (Å²) in [5.41, 5.74) is 2.66. The molecule has 3 aromatic rings. The van der Waals surface area contributed by atoms with E-state index in [9.17, 15) is 0 Å². The molecule has 0 saturated carbocycles. The van der Waals surface area contributed by atoms with Gasteiger partial charge >= 0.3 is 0 Å². The molecule has 5 heteroatoms. The minimum Gasteiger partial charge on any atom is -0.497 e. The van der Waals surface area contributed by atoms with Gasteiger partial charge in [0.05, 0.1) is 7.11 Å². The zero-order chi connectivity index (χ0) is 19.9. The first-order chi connectivity index (χ1) is 14.3. The summed E-state index contributed by atoms with van der Waals surface area (Å²) in [6, 6.07) is 21.0. The molecule has 4 rings (SSSR count). The maximum Gasteiger partial charge on any atom is 0.189 e. The van der Waals surface area contributed by atoms with E-state index in [0.29, 0.717) is 0 Å². The van der Waals surface area contributed by atoms with Gasteiger partial charge in [0.1, 0.15) is 11.6 Å². The van der Waals surface area contributed by atoms with E-state index in [1.807, 2.05) is 24.4 Å². The highest BCUT2D eigenvalue weighted by atomic mass is 32.2. The van der Waals surface area contributed by atoms with Gasteiger partial charge in [0.25, 0.3) is 0 Å². The van der Waals surface area contributed by atoms with Crippen LogP contribution in [-0.4, -0.2) is 30.2 Å². The van der Waals surface area contributed by atoms with Crippen LogP contribution in [0.5, 0.6) is 5.75 Å². The molecule has 1 aliphatic heterocycles. The predicted molar refractivity (Wildman–Crippen MR) is 120 cm³/mol.